The molecule has 26 heavy (non-hydrogen) atoms. The third-order valence-corrected chi connectivity index (χ3v) is 6.80. The third kappa shape index (κ3) is 3.14. The van der Waals surface area contributed by atoms with Gasteiger partial charge in [0, 0.05) is 25.6 Å². The molecule has 0 bridgehead atoms. The normalized spacial score (nSPS) is 28.2. The molecule has 0 aromatic carbocycles. The maximum Gasteiger partial charge on any atom is 0.276 e. The Morgan fingerprint density at radius 3 is 2.46 bits per heavy atom. The summed E-state index contributed by atoms with van der Waals surface area (Å²) in [6, 6.07) is 0.464. The molecule has 1 aromatic heterocycles. The summed E-state index contributed by atoms with van der Waals surface area (Å²) in [5.41, 5.74) is 1.04. The highest BCUT2D eigenvalue weighted by atomic mass is 35.5. The number of hydrogen-bond acceptors (Lipinski definition) is 5. The van der Waals surface area contributed by atoms with E-state index in [0.29, 0.717) is 11.7 Å². The summed E-state index contributed by atoms with van der Waals surface area (Å²) in [5.74, 6) is -0.0473. The molecule has 1 amide bonds. The van der Waals surface area contributed by atoms with Crippen LogP contribution in [0.3, 0.4) is 0 Å². The van der Waals surface area contributed by atoms with Crippen molar-refractivity contribution in [1.82, 2.24) is 25.2 Å². The van der Waals surface area contributed by atoms with E-state index in [0.717, 1.165) is 38.0 Å². The topological polar surface area (TPSA) is 72.3 Å². The van der Waals surface area contributed by atoms with E-state index in [4.69, 9.17) is 4.74 Å². The summed E-state index contributed by atoms with van der Waals surface area (Å²) in [4.78, 5) is 14.9. The van der Waals surface area contributed by atoms with Crippen LogP contribution in [0.4, 0.5) is 0 Å². The fourth-order valence-corrected chi connectivity index (χ4v) is 4.32. The Bertz CT molecular complexity index is 656. The van der Waals surface area contributed by atoms with Crippen LogP contribution in [0.1, 0.15) is 62.3 Å². The van der Waals surface area contributed by atoms with E-state index in [2.05, 4.69) is 36.4 Å². The second kappa shape index (κ2) is 7.44. The molecule has 2 aliphatic rings. The molecule has 1 aliphatic heterocycles. The summed E-state index contributed by atoms with van der Waals surface area (Å²) < 4.78 is 7.62. The van der Waals surface area contributed by atoms with E-state index in [1.807, 2.05) is 23.6 Å². The second-order valence-electron chi connectivity index (χ2n) is 8.24. The van der Waals surface area contributed by atoms with Gasteiger partial charge in [-0.25, -0.2) is 4.68 Å². The van der Waals surface area contributed by atoms with Gasteiger partial charge in [-0.1, -0.05) is 19.1 Å². The van der Waals surface area contributed by atoms with Crippen molar-refractivity contribution in [2.45, 2.75) is 64.6 Å². The van der Waals surface area contributed by atoms with Gasteiger partial charge in [-0.05, 0) is 46.2 Å². The quantitative estimate of drug-likeness (QED) is 0.860. The largest absolute Gasteiger partial charge is 0.378 e. The van der Waals surface area contributed by atoms with Crippen molar-refractivity contribution in [2.24, 2.45) is 5.41 Å². The van der Waals surface area contributed by atoms with Crippen LogP contribution in [-0.4, -0.2) is 64.7 Å². The third-order valence-electron chi connectivity index (χ3n) is 6.80. The van der Waals surface area contributed by atoms with Gasteiger partial charge in [0.1, 0.15) is 0 Å². The van der Waals surface area contributed by atoms with E-state index >= 15 is 0 Å². The summed E-state index contributed by atoms with van der Waals surface area (Å²) in [5, 5.41) is 11.9. The summed E-state index contributed by atoms with van der Waals surface area (Å²) in [6.07, 6.45) is 2.88. The molecule has 0 spiro atoms. The van der Waals surface area contributed by atoms with Crippen LogP contribution in [0.25, 0.3) is 0 Å². The molecule has 148 valence electrons. The zero-order chi connectivity index (χ0) is 18.4. The van der Waals surface area contributed by atoms with E-state index in [9.17, 15) is 4.79 Å². The Labute approximate surface area is 162 Å². The molecule has 0 radical (unpaired) electrons. The Kier molecular flexibility index (Phi) is 6.05. The number of halogens is 1. The van der Waals surface area contributed by atoms with E-state index in [-0.39, 0.29) is 35.4 Å². The molecule has 1 aliphatic carbocycles. The molecule has 8 heteroatoms. The van der Waals surface area contributed by atoms with Gasteiger partial charge in [0.05, 0.1) is 17.3 Å². The predicted molar refractivity (Wildman–Crippen MR) is 103 cm³/mol. The first-order chi connectivity index (χ1) is 11.7. The smallest absolute Gasteiger partial charge is 0.276 e. The minimum atomic E-state index is -0.200. The first-order valence-electron chi connectivity index (χ1n) is 9.18. The van der Waals surface area contributed by atoms with Crippen LogP contribution in [0.2, 0.25) is 0 Å². The number of amides is 1. The van der Waals surface area contributed by atoms with Gasteiger partial charge in [0.25, 0.3) is 5.91 Å². The average Bonchev–Trinajstić information content (AvgIpc) is 3.00. The zero-order valence-corrected chi connectivity index (χ0v) is 17.5. The van der Waals surface area contributed by atoms with Gasteiger partial charge in [0.2, 0.25) is 0 Å². The molecule has 2 heterocycles. The minimum Gasteiger partial charge on any atom is -0.378 e. The number of nitrogens with one attached hydrogen (secondary N) is 1. The van der Waals surface area contributed by atoms with Crippen LogP contribution in [0.15, 0.2) is 0 Å². The Balaban J connectivity index is 0.00000243. The van der Waals surface area contributed by atoms with Gasteiger partial charge >= 0.3 is 0 Å². The monoisotopic (exact) mass is 385 g/mol. The van der Waals surface area contributed by atoms with Gasteiger partial charge in [-0.15, -0.1) is 17.5 Å². The maximum atomic E-state index is 13.0. The molecule has 2 atom stereocenters. The number of methoxy groups -OCH3 is 1. The Hall–Kier alpha value is -1.18. The zero-order valence-electron chi connectivity index (χ0n) is 16.7. The summed E-state index contributed by atoms with van der Waals surface area (Å²) in [6.45, 7) is 10.4. The average molecular weight is 386 g/mol. The number of ether oxygens (including phenoxy) is 1. The molecular weight excluding hydrogens is 354 g/mol. The molecule has 1 aromatic rings. The van der Waals surface area contributed by atoms with Crippen molar-refractivity contribution < 1.29 is 9.53 Å². The minimum absolute atomic E-state index is 0. The molecule has 7 nitrogen and oxygen atoms in total. The number of hydrogen-bond donors (Lipinski definition) is 1. The number of rotatable bonds is 4. The standard InChI is InChI=1S/C18H31N5O2.ClH/c1-12-15(20-21-23(12)13-7-9-19-10-8-13)16(24)22(5)14-11-18(4,25-6)17(14,2)3;/h13-14,19H,7-11H2,1-6H3;1H. The lowest BCUT2D eigenvalue weighted by Gasteiger charge is -2.61. The molecule has 3 rings (SSSR count). The van der Waals surface area contributed by atoms with E-state index in [1.165, 1.54) is 0 Å². The number of nitrogens with zero attached hydrogens (tertiary/aromatic N) is 4. The number of carbonyl (C=O) groups is 1. The fraction of sp³-hybridized carbons (Fsp3) is 0.833. The number of aromatic nitrogens is 3. The van der Waals surface area contributed by atoms with Crippen molar-refractivity contribution in [2.75, 3.05) is 27.2 Å². The molecule has 1 saturated carbocycles. The lowest BCUT2D eigenvalue weighted by atomic mass is 9.55. The van der Waals surface area contributed by atoms with Crippen molar-refractivity contribution in [1.29, 1.82) is 0 Å². The highest BCUT2D eigenvalue weighted by Crippen LogP contribution is 2.53. The predicted octanol–water partition coefficient (Wildman–Crippen LogP) is 2.21. The molecule has 2 fully saturated rings. The highest BCUT2D eigenvalue weighted by Gasteiger charge is 2.60. The first-order valence-corrected chi connectivity index (χ1v) is 9.18. The van der Waals surface area contributed by atoms with E-state index in [1.54, 1.807) is 7.11 Å². The van der Waals surface area contributed by atoms with Gasteiger partial charge < -0.3 is 15.0 Å². The van der Waals surface area contributed by atoms with Crippen LogP contribution in [0.5, 0.6) is 0 Å². The van der Waals surface area contributed by atoms with Gasteiger partial charge in [-0.2, -0.15) is 0 Å². The van der Waals surface area contributed by atoms with Crippen LogP contribution in [0, 0.1) is 12.3 Å². The maximum absolute atomic E-state index is 13.0. The Morgan fingerprint density at radius 2 is 1.92 bits per heavy atom. The second-order valence-corrected chi connectivity index (χ2v) is 8.24. The lowest BCUT2D eigenvalue weighted by Crippen LogP contribution is -2.68. The van der Waals surface area contributed by atoms with E-state index < -0.39 is 0 Å². The van der Waals surface area contributed by atoms with Crippen molar-refractivity contribution in [3.8, 4) is 0 Å². The molecule has 1 saturated heterocycles. The molecule has 1 N–H and O–H groups in total. The Morgan fingerprint density at radius 1 is 1.31 bits per heavy atom. The SMILES string of the molecule is COC1(C)CC(N(C)C(=O)c2nnn(C3CCNCC3)c2C)C1(C)C.Cl. The summed E-state index contributed by atoms with van der Waals surface area (Å²) in [7, 11) is 3.61. The van der Waals surface area contributed by atoms with Crippen molar-refractivity contribution in [3.05, 3.63) is 11.4 Å². The fourth-order valence-electron chi connectivity index (χ4n) is 4.32. The molecular formula is C18H32ClN5O2. The van der Waals surface area contributed by atoms with Crippen LogP contribution >= 0.6 is 12.4 Å². The van der Waals surface area contributed by atoms with Crippen LogP contribution < -0.4 is 5.32 Å². The molecule has 2 unspecified atom stereocenters. The lowest BCUT2D eigenvalue weighted by molar-refractivity contribution is -0.198. The van der Waals surface area contributed by atoms with Gasteiger partial charge in [0.15, 0.2) is 5.69 Å². The summed E-state index contributed by atoms with van der Waals surface area (Å²) >= 11 is 0. The highest BCUT2D eigenvalue weighted by molar-refractivity contribution is 5.93. The first kappa shape index (κ1) is 21.1. The van der Waals surface area contributed by atoms with Crippen molar-refractivity contribution in [3.63, 3.8) is 0 Å². The number of piperidine rings is 1. The van der Waals surface area contributed by atoms with Crippen molar-refractivity contribution >= 4 is 18.3 Å². The van der Waals surface area contributed by atoms with Crippen LogP contribution in [-0.2, 0) is 4.74 Å². The van der Waals surface area contributed by atoms with Gasteiger partial charge in [-0.3, -0.25) is 4.79 Å². The number of carbonyl (C=O) groups excluding carboxylic acids is 1.